The van der Waals surface area contributed by atoms with Crippen molar-refractivity contribution >= 4 is 17.0 Å². The number of rotatable bonds is 6. The molecule has 0 bridgehead atoms. The van der Waals surface area contributed by atoms with E-state index < -0.39 is 0 Å². The van der Waals surface area contributed by atoms with Crippen LogP contribution in [-0.4, -0.2) is 41.1 Å². The molecule has 0 aliphatic carbocycles. The van der Waals surface area contributed by atoms with Gasteiger partial charge < -0.3 is 10.5 Å². The zero-order valence-electron chi connectivity index (χ0n) is 17.9. The Kier molecular flexibility index (Phi) is 5.11. The van der Waals surface area contributed by atoms with Crippen LogP contribution in [0.25, 0.3) is 22.3 Å². The minimum atomic E-state index is 0.189. The minimum absolute atomic E-state index is 0.189. The van der Waals surface area contributed by atoms with Crippen LogP contribution in [0.1, 0.15) is 43.9 Å². The van der Waals surface area contributed by atoms with Gasteiger partial charge in [0.1, 0.15) is 11.3 Å². The fourth-order valence-electron chi connectivity index (χ4n) is 3.60. The van der Waals surface area contributed by atoms with Crippen LogP contribution in [0.2, 0.25) is 0 Å². The average molecular weight is 406 g/mol. The monoisotopic (exact) mass is 406 g/mol. The second-order valence-corrected chi connectivity index (χ2v) is 7.46. The first kappa shape index (κ1) is 19.8. The van der Waals surface area contributed by atoms with Gasteiger partial charge >= 0.3 is 0 Å². The highest BCUT2D eigenvalue weighted by Crippen LogP contribution is 2.32. The summed E-state index contributed by atoms with van der Waals surface area (Å²) in [4.78, 5) is 13.7. The summed E-state index contributed by atoms with van der Waals surface area (Å²) in [5.41, 5.74) is 11.2. The van der Waals surface area contributed by atoms with E-state index in [2.05, 4.69) is 35.0 Å². The van der Waals surface area contributed by atoms with Crippen LogP contribution in [0.4, 0.5) is 5.95 Å². The maximum absolute atomic E-state index is 5.80. The number of nitrogen functional groups attached to an aromatic ring is 1. The smallest absolute Gasteiger partial charge is 0.239 e. The third kappa shape index (κ3) is 3.47. The van der Waals surface area contributed by atoms with Crippen LogP contribution in [0.3, 0.4) is 0 Å². The van der Waals surface area contributed by atoms with E-state index in [9.17, 15) is 0 Å². The van der Waals surface area contributed by atoms with E-state index in [0.29, 0.717) is 18.9 Å². The van der Waals surface area contributed by atoms with Crippen LogP contribution in [0, 0.1) is 6.92 Å². The summed E-state index contributed by atoms with van der Waals surface area (Å²) < 4.78 is 9.47. The molecule has 0 saturated heterocycles. The van der Waals surface area contributed by atoms with Gasteiger partial charge in [-0.15, -0.1) is 5.10 Å². The predicted octanol–water partition coefficient (Wildman–Crippen LogP) is 3.08. The fraction of sp³-hybridized carbons (Fsp3) is 0.381. The van der Waals surface area contributed by atoms with Crippen molar-refractivity contribution < 1.29 is 4.74 Å². The van der Waals surface area contributed by atoms with Gasteiger partial charge in [0, 0.05) is 25.7 Å². The maximum Gasteiger partial charge on any atom is 0.239 e. The van der Waals surface area contributed by atoms with Crippen LogP contribution >= 0.6 is 0 Å². The lowest BCUT2D eigenvalue weighted by atomic mass is 10.0. The van der Waals surface area contributed by atoms with Crippen molar-refractivity contribution in [2.45, 2.75) is 40.2 Å². The molecular weight excluding hydrogens is 380 g/mol. The molecule has 4 heterocycles. The molecule has 0 saturated carbocycles. The first-order valence-electron chi connectivity index (χ1n) is 10.0. The highest BCUT2D eigenvalue weighted by Gasteiger charge is 2.20. The quantitative estimate of drug-likeness (QED) is 0.524. The highest BCUT2D eigenvalue weighted by molar-refractivity contribution is 5.85. The van der Waals surface area contributed by atoms with E-state index in [1.165, 1.54) is 0 Å². The summed E-state index contributed by atoms with van der Waals surface area (Å²) in [5.74, 6) is 1.60. The SMILES string of the molecule is CCOc1ncccc1-c1cc(Cc2nc(N)nn2C)c2c(n1)c(C)nn2C(C)C. The van der Waals surface area contributed by atoms with Gasteiger partial charge in [0.2, 0.25) is 11.8 Å². The standard InChI is InChI=1S/C21H26N8O/c1-6-30-20-15(8-7-9-23-20)16-10-14(11-17-25-21(22)27-28(17)5)19-18(24-16)13(4)26-29(19)12(2)3/h7-10,12H,6,11H2,1-5H3,(H2,22,27). The highest BCUT2D eigenvalue weighted by atomic mass is 16.5. The minimum Gasteiger partial charge on any atom is -0.477 e. The molecule has 2 N–H and O–H groups in total. The van der Waals surface area contributed by atoms with Crippen LogP contribution < -0.4 is 10.5 Å². The second-order valence-electron chi connectivity index (χ2n) is 7.46. The first-order valence-corrected chi connectivity index (χ1v) is 10.0. The Hall–Kier alpha value is -3.49. The van der Waals surface area contributed by atoms with Crippen molar-refractivity contribution in [2.75, 3.05) is 12.3 Å². The molecule has 0 aromatic carbocycles. The molecular formula is C21H26N8O. The van der Waals surface area contributed by atoms with Gasteiger partial charge in [-0.2, -0.15) is 10.1 Å². The van der Waals surface area contributed by atoms with Gasteiger partial charge in [-0.25, -0.2) is 9.97 Å². The van der Waals surface area contributed by atoms with E-state index in [4.69, 9.17) is 20.6 Å². The Morgan fingerprint density at radius 2 is 2.00 bits per heavy atom. The lowest BCUT2D eigenvalue weighted by Crippen LogP contribution is -2.07. The first-order chi connectivity index (χ1) is 14.4. The number of nitrogens with two attached hydrogens (primary N) is 1. The summed E-state index contributed by atoms with van der Waals surface area (Å²) in [6.07, 6.45) is 2.27. The number of hydrogen-bond donors (Lipinski definition) is 1. The molecule has 4 aromatic rings. The lowest BCUT2D eigenvalue weighted by molar-refractivity contribution is 0.328. The number of pyridine rings is 2. The number of ether oxygens (including phenoxy) is 1. The topological polar surface area (TPSA) is 110 Å². The number of anilines is 1. The third-order valence-electron chi connectivity index (χ3n) is 4.94. The summed E-state index contributed by atoms with van der Waals surface area (Å²) >= 11 is 0. The van der Waals surface area contributed by atoms with Crippen molar-refractivity contribution in [3.63, 3.8) is 0 Å². The number of fused-ring (bicyclic) bond motifs is 1. The van der Waals surface area contributed by atoms with Gasteiger partial charge in [-0.05, 0) is 51.5 Å². The van der Waals surface area contributed by atoms with E-state index >= 15 is 0 Å². The molecule has 0 spiro atoms. The van der Waals surface area contributed by atoms with E-state index in [1.54, 1.807) is 10.9 Å². The molecule has 9 nitrogen and oxygen atoms in total. The predicted molar refractivity (Wildman–Crippen MR) is 115 cm³/mol. The molecule has 0 aliphatic heterocycles. The molecule has 0 fully saturated rings. The molecule has 0 unspecified atom stereocenters. The Morgan fingerprint density at radius 3 is 2.67 bits per heavy atom. The van der Waals surface area contributed by atoms with Gasteiger partial charge in [-0.1, -0.05) is 0 Å². The van der Waals surface area contributed by atoms with E-state index in [1.807, 2.05) is 37.7 Å². The van der Waals surface area contributed by atoms with Crippen molar-refractivity contribution in [1.29, 1.82) is 0 Å². The molecule has 0 amide bonds. The summed E-state index contributed by atoms with van der Waals surface area (Å²) in [7, 11) is 1.84. The molecule has 4 aromatic heterocycles. The molecule has 0 radical (unpaired) electrons. The van der Waals surface area contributed by atoms with E-state index in [0.717, 1.165) is 39.4 Å². The summed E-state index contributed by atoms with van der Waals surface area (Å²) in [6, 6.07) is 6.11. The molecule has 0 aliphatic rings. The number of aryl methyl sites for hydroxylation is 2. The largest absolute Gasteiger partial charge is 0.477 e. The second kappa shape index (κ2) is 7.74. The molecule has 156 valence electrons. The normalized spacial score (nSPS) is 11.5. The Morgan fingerprint density at radius 1 is 1.20 bits per heavy atom. The molecule has 0 atom stereocenters. The van der Waals surface area contributed by atoms with Crippen LogP contribution in [0.5, 0.6) is 5.88 Å². The Labute approximate surface area is 174 Å². The summed E-state index contributed by atoms with van der Waals surface area (Å²) in [5, 5.41) is 8.94. The van der Waals surface area contributed by atoms with E-state index in [-0.39, 0.29) is 12.0 Å². The van der Waals surface area contributed by atoms with Gasteiger partial charge in [0.25, 0.3) is 0 Å². The van der Waals surface area contributed by atoms with Crippen molar-refractivity contribution in [2.24, 2.45) is 7.05 Å². The van der Waals surface area contributed by atoms with Crippen molar-refractivity contribution in [3.8, 4) is 17.1 Å². The molecule has 9 heteroatoms. The maximum atomic E-state index is 5.80. The lowest BCUT2D eigenvalue weighted by Gasteiger charge is -2.13. The third-order valence-corrected chi connectivity index (χ3v) is 4.94. The summed E-state index contributed by atoms with van der Waals surface area (Å²) in [6.45, 7) is 8.67. The van der Waals surface area contributed by atoms with Crippen molar-refractivity contribution in [3.05, 3.63) is 41.5 Å². The van der Waals surface area contributed by atoms with Crippen LogP contribution in [0.15, 0.2) is 24.4 Å². The van der Waals surface area contributed by atoms with Gasteiger partial charge in [-0.3, -0.25) is 9.36 Å². The number of hydrogen-bond acceptors (Lipinski definition) is 7. The Balaban J connectivity index is 1.96. The molecule has 4 rings (SSSR count). The zero-order chi connectivity index (χ0) is 21.4. The number of aromatic nitrogens is 7. The average Bonchev–Trinajstić information content (AvgIpc) is 3.21. The molecule has 30 heavy (non-hydrogen) atoms. The zero-order valence-corrected chi connectivity index (χ0v) is 17.9. The van der Waals surface area contributed by atoms with Gasteiger partial charge in [0.05, 0.1) is 29.1 Å². The number of nitrogens with zero attached hydrogens (tertiary/aromatic N) is 7. The Bertz CT molecular complexity index is 1210. The fourth-order valence-corrected chi connectivity index (χ4v) is 3.60. The van der Waals surface area contributed by atoms with Gasteiger partial charge in [0.15, 0.2) is 0 Å². The van der Waals surface area contributed by atoms with Crippen LogP contribution in [-0.2, 0) is 13.5 Å². The van der Waals surface area contributed by atoms with Crippen molar-refractivity contribution in [1.82, 2.24) is 34.5 Å².